The van der Waals surface area contributed by atoms with Crippen LogP contribution in [0.2, 0.25) is 0 Å². The SMILES string of the molecule is CCCCCCCCCCc1cccc2cccc(C(N3NC(=O)CC3(C)C)C(F)(F)F)c12. The number of amides is 1. The maximum absolute atomic E-state index is 14.5. The fourth-order valence-electron chi connectivity index (χ4n) is 5.01. The van der Waals surface area contributed by atoms with E-state index in [1.807, 2.05) is 24.3 Å². The second-order valence-corrected chi connectivity index (χ2v) is 9.93. The number of halogens is 3. The summed E-state index contributed by atoms with van der Waals surface area (Å²) in [6.45, 7) is 5.56. The summed E-state index contributed by atoms with van der Waals surface area (Å²) >= 11 is 0. The van der Waals surface area contributed by atoms with Gasteiger partial charge >= 0.3 is 6.18 Å². The van der Waals surface area contributed by atoms with Gasteiger partial charge in [-0.2, -0.15) is 18.2 Å². The molecule has 2 aromatic rings. The zero-order valence-corrected chi connectivity index (χ0v) is 20.1. The molecule has 0 spiro atoms. The Morgan fingerprint density at radius 2 is 1.58 bits per heavy atom. The Bertz CT molecular complexity index is 933. The van der Waals surface area contributed by atoms with Gasteiger partial charge in [0, 0.05) is 12.0 Å². The number of hydrogen-bond acceptors (Lipinski definition) is 2. The Balaban J connectivity index is 1.86. The van der Waals surface area contributed by atoms with Crippen LogP contribution in [0.5, 0.6) is 0 Å². The third-order valence-electron chi connectivity index (χ3n) is 6.68. The molecule has 1 aliphatic heterocycles. The molecule has 2 aromatic carbocycles. The second kappa shape index (κ2) is 10.9. The topological polar surface area (TPSA) is 32.3 Å². The lowest BCUT2D eigenvalue weighted by Crippen LogP contribution is -2.51. The van der Waals surface area contributed by atoms with Gasteiger partial charge in [0.15, 0.2) is 6.04 Å². The monoisotopic (exact) mass is 462 g/mol. The summed E-state index contributed by atoms with van der Waals surface area (Å²) in [7, 11) is 0. The van der Waals surface area contributed by atoms with Gasteiger partial charge in [-0.15, -0.1) is 0 Å². The van der Waals surface area contributed by atoms with Crippen molar-refractivity contribution in [1.82, 2.24) is 10.4 Å². The van der Waals surface area contributed by atoms with Crippen LogP contribution >= 0.6 is 0 Å². The molecule has 0 saturated carbocycles. The third-order valence-corrected chi connectivity index (χ3v) is 6.68. The van der Waals surface area contributed by atoms with Gasteiger partial charge in [0.25, 0.3) is 0 Å². The maximum Gasteiger partial charge on any atom is 0.409 e. The van der Waals surface area contributed by atoms with Crippen LogP contribution in [0.15, 0.2) is 36.4 Å². The summed E-state index contributed by atoms with van der Waals surface area (Å²) in [5, 5.41) is 2.58. The molecule has 1 amide bonds. The first-order valence-corrected chi connectivity index (χ1v) is 12.3. The van der Waals surface area contributed by atoms with E-state index in [0.717, 1.165) is 35.2 Å². The fourth-order valence-corrected chi connectivity index (χ4v) is 5.01. The van der Waals surface area contributed by atoms with Crippen molar-refractivity contribution in [3.05, 3.63) is 47.5 Å². The number of aryl methyl sites for hydroxylation is 1. The summed E-state index contributed by atoms with van der Waals surface area (Å²) in [4.78, 5) is 12.0. The molecule has 1 aliphatic rings. The smallest absolute Gasteiger partial charge is 0.287 e. The standard InChI is InChI=1S/C27H37F3N2O/c1-4-5-6-7-8-9-10-11-14-20-15-12-16-21-17-13-18-22(24(20)21)25(27(28,29)30)32-26(2,3)19-23(33)31-32/h12-13,15-18,25H,4-11,14,19H2,1-3H3,(H,31,33). The number of hydrazine groups is 1. The Labute approximate surface area is 195 Å². The quantitative estimate of drug-likeness (QED) is 0.348. The van der Waals surface area contributed by atoms with Gasteiger partial charge in [0.05, 0.1) is 0 Å². The Morgan fingerprint density at radius 3 is 2.15 bits per heavy atom. The average molecular weight is 463 g/mol. The van der Waals surface area contributed by atoms with Crippen molar-refractivity contribution in [2.24, 2.45) is 0 Å². The van der Waals surface area contributed by atoms with Gasteiger partial charge in [-0.05, 0) is 48.6 Å². The molecule has 1 saturated heterocycles. The number of nitrogens with one attached hydrogen (secondary N) is 1. The van der Waals surface area contributed by atoms with E-state index in [1.54, 1.807) is 26.0 Å². The van der Waals surface area contributed by atoms with E-state index < -0.39 is 17.8 Å². The number of unbranched alkanes of at least 4 members (excludes halogenated alkanes) is 7. The van der Waals surface area contributed by atoms with E-state index in [-0.39, 0.29) is 17.9 Å². The number of benzene rings is 2. The minimum atomic E-state index is -4.53. The highest BCUT2D eigenvalue weighted by Crippen LogP contribution is 2.45. The molecule has 1 N–H and O–H groups in total. The Kier molecular flexibility index (Phi) is 8.43. The Morgan fingerprint density at radius 1 is 0.970 bits per heavy atom. The summed E-state index contributed by atoms with van der Waals surface area (Å²) in [6, 6.07) is 8.97. The van der Waals surface area contributed by atoms with Crippen LogP contribution in [0.4, 0.5) is 13.2 Å². The van der Waals surface area contributed by atoms with E-state index in [0.29, 0.717) is 5.39 Å². The van der Waals surface area contributed by atoms with Crippen molar-refractivity contribution in [1.29, 1.82) is 0 Å². The van der Waals surface area contributed by atoms with E-state index >= 15 is 0 Å². The number of nitrogens with zero attached hydrogens (tertiary/aromatic N) is 1. The van der Waals surface area contributed by atoms with Crippen LogP contribution in [-0.4, -0.2) is 22.6 Å². The highest BCUT2D eigenvalue weighted by molar-refractivity contribution is 5.89. The molecule has 33 heavy (non-hydrogen) atoms. The van der Waals surface area contributed by atoms with Gasteiger partial charge in [-0.3, -0.25) is 10.2 Å². The van der Waals surface area contributed by atoms with Gasteiger partial charge in [0.2, 0.25) is 5.91 Å². The molecule has 3 nitrogen and oxygen atoms in total. The summed E-state index contributed by atoms with van der Waals surface area (Å²) in [5.74, 6) is -0.381. The zero-order chi connectivity index (χ0) is 24.1. The molecule has 1 unspecified atom stereocenters. The van der Waals surface area contributed by atoms with Gasteiger partial charge < -0.3 is 0 Å². The summed E-state index contributed by atoms with van der Waals surface area (Å²) in [5.41, 5.74) is 2.71. The van der Waals surface area contributed by atoms with E-state index in [9.17, 15) is 18.0 Å². The molecule has 0 bridgehead atoms. The van der Waals surface area contributed by atoms with Crippen molar-refractivity contribution < 1.29 is 18.0 Å². The maximum atomic E-state index is 14.5. The van der Waals surface area contributed by atoms with Crippen molar-refractivity contribution >= 4 is 16.7 Å². The van der Waals surface area contributed by atoms with Crippen molar-refractivity contribution in [2.45, 2.75) is 103 Å². The molecule has 3 rings (SSSR count). The molecule has 0 radical (unpaired) electrons. The van der Waals surface area contributed by atoms with E-state index in [1.165, 1.54) is 38.5 Å². The first kappa shape index (κ1) is 25.5. The number of hydrogen-bond donors (Lipinski definition) is 1. The lowest BCUT2D eigenvalue weighted by Gasteiger charge is -2.38. The Hall–Kier alpha value is -2.08. The molecular formula is C27H37F3N2O. The predicted octanol–water partition coefficient (Wildman–Crippen LogP) is 7.64. The van der Waals surface area contributed by atoms with Crippen LogP contribution in [0.1, 0.15) is 95.7 Å². The number of carbonyl (C=O) groups is 1. The second-order valence-electron chi connectivity index (χ2n) is 9.93. The van der Waals surface area contributed by atoms with Gasteiger partial charge in [-0.1, -0.05) is 88.3 Å². The minimum absolute atomic E-state index is 0.0372. The first-order valence-electron chi connectivity index (χ1n) is 12.3. The molecule has 1 heterocycles. The molecule has 1 atom stereocenters. The van der Waals surface area contributed by atoms with Gasteiger partial charge in [-0.25, -0.2) is 0 Å². The lowest BCUT2D eigenvalue weighted by molar-refractivity contribution is -0.203. The molecule has 0 aliphatic carbocycles. The van der Waals surface area contributed by atoms with Crippen molar-refractivity contribution in [3.8, 4) is 0 Å². The largest absolute Gasteiger partial charge is 0.409 e. The predicted molar refractivity (Wildman–Crippen MR) is 128 cm³/mol. The van der Waals surface area contributed by atoms with Crippen LogP contribution in [0.3, 0.4) is 0 Å². The average Bonchev–Trinajstić information content (AvgIpc) is 3.00. The molecule has 1 fully saturated rings. The summed E-state index contributed by atoms with van der Waals surface area (Å²) in [6.07, 6.45) is 5.76. The van der Waals surface area contributed by atoms with E-state index in [2.05, 4.69) is 12.3 Å². The van der Waals surface area contributed by atoms with Crippen LogP contribution in [0, 0.1) is 0 Å². The highest BCUT2D eigenvalue weighted by Gasteiger charge is 2.53. The molecule has 0 aromatic heterocycles. The lowest BCUT2D eigenvalue weighted by atomic mass is 9.90. The van der Waals surface area contributed by atoms with Crippen LogP contribution in [-0.2, 0) is 11.2 Å². The van der Waals surface area contributed by atoms with Crippen LogP contribution < -0.4 is 5.43 Å². The van der Waals surface area contributed by atoms with Crippen molar-refractivity contribution in [2.75, 3.05) is 0 Å². The first-order chi connectivity index (χ1) is 15.6. The van der Waals surface area contributed by atoms with Gasteiger partial charge in [0.1, 0.15) is 0 Å². The van der Waals surface area contributed by atoms with Crippen LogP contribution in [0.25, 0.3) is 10.8 Å². The van der Waals surface area contributed by atoms with Crippen molar-refractivity contribution in [3.63, 3.8) is 0 Å². The molecule has 6 heteroatoms. The number of carbonyl (C=O) groups excluding carboxylic acids is 1. The minimum Gasteiger partial charge on any atom is -0.287 e. The fraction of sp³-hybridized carbons (Fsp3) is 0.593. The number of fused-ring (bicyclic) bond motifs is 1. The molecular weight excluding hydrogens is 425 g/mol. The highest BCUT2D eigenvalue weighted by atomic mass is 19.4. The normalized spacial score (nSPS) is 17.5. The molecule has 182 valence electrons. The number of alkyl halides is 3. The number of rotatable bonds is 11. The zero-order valence-electron chi connectivity index (χ0n) is 20.1. The third kappa shape index (κ3) is 6.28. The summed E-state index contributed by atoms with van der Waals surface area (Å²) < 4.78 is 43.4. The van der Waals surface area contributed by atoms with E-state index in [4.69, 9.17) is 0 Å².